The van der Waals surface area contributed by atoms with Gasteiger partial charge in [0.05, 0.1) is 6.10 Å². The minimum atomic E-state index is -0.393. The summed E-state index contributed by atoms with van der Waals surface area (Å²) in [6.45, 7) is 6.43. The summed E-state index contributed by atoms with van der Waals surface area (Å²) >= 11 is 0. The van der Waals surface area contributed by atoms with Gasteiger partial charge in [-0.25, -0.2) is 4.79 Å². The molecule has 5 heteroatoms. The smallest absolute Gasteiger partial charge is 0.319 e. The molecule has 0 heterocycles. The van der Waals surface area contributed by atoms with E-state index in [9.17, 15) is 9.90 Å². The minimum absolute atomic E-state index is 0.168. The Balaban J connectivity index is 2.43. The first-order valence-electron chi connectivity index (χ1n) is 7.21. The molecular weight excluding hydrogens is 280 g/mol. The zero-order valence-electron chi connectivity index (χ0n) is 13.3. The molecule has 0 aliphatic heterocycles. The van der Waals surface area contributed by atoms with Crippen LogP contribution in [0.15, 0.2) is 24.3 Å². The van der Waals surface area contributed by atoms with Gasteiger partial charge in [-0.3, -0.25) is 0 Å². The molecule has 0 radical (unpaired) electrons. The Hall–Kier alpha value is -2.19. The molecule has 120 valence electrons. The number of hydrogen-bond acceptors (Lipinski definition) is 3. The van der Waals surface area contributed by atoms with Gasteiger partial charge in [0.25, 0.3) is 0 Å². The van der Waals surface area contributed by atoms with Crippen LogP contribution in [0.1, 0.15) is 27.2 Å². The lowest BCUT2D eigenvalue weighted by atomic mass is 9.87. The molecular formula is C17H24N2O3. The minimum Gasteiger partial charge on any atom is -0.481 e. The quantitative estimate of drug-likeness (QED) is 0.678. The molecule has 0 saturated heterocycles. The maximum Gasteiger partial charge on any atom is 0.319 e. The van der Waals surface area contributed by atoms with Gasteiger partial charge in [-0.2, -0.15) is 0 Å². The predicted octanol–water partition coefficient (Wildman–Crippen LogP) is 2.62. The fourth-order valence-electron chi connectivity index (χ4n) is 2.13. The Morgan fingerprint density at radius 1 is 1.41 bits per heavy atom. The van der Waals surface area contributed by atoms with Crippen molar-refractivity contribution in [1.29, 1.82) is 0 Å². The third kappa shape index (κ3) is 7.00. The Morgan fingerprint density at radius 3 is 2.59 bits per heavy atom. The van der Waals surface area contributed by atoms with E-state index in [1.54, 1.807) is 31.2 Å². The maximum atomic E-state index is 11.9. The van der Waals surface area contributed by atoms with Crippen LogP contribution in [0.5, 0.6) is 5.75 Å². The summed E-state index contributed by atoms with van der Waals surface area (Å²) in [5.41, 5.74) is 0.497. The van der Waals surface area contributed by atoms with Gasteiger partial charge in [0.2, 0.25) is 0 Å². The number of carbonyl (C=O) groups excluding carboxylic acids is 1. The number of nitrogens with one attached hydrogen (secondary N) is 2. The maximum absolute atomic E-state index is 11.9. The lowest BCUT2D eigenvalue weighted by Crippen LogP contribution is -2.38. The van der Waals surface area contributed by atoms with Crippen molar-refractivity contribution in [1.82, 2.24) is 5.32 Å². The van der Waals surface area contributed by atoms with E-state index in [4.69, 9.17) is 11.2 Å². The molecule has 0 bridgehead atoms. The summed E-state index contributed by atoms with van der Waals surface area (Å²) in [5.74, 6) is 3.04. The van der Waals surface area contributed by atoms with E-state index in [1.165, 1.54) is 0 Å². The zero-order chi connectivity index (χ0) is 16.6. The summed E-state index contributed by atoms with van der Waals surface area (Å²) in [5, 5.41) is 15.0. The van der Waals surface area contributed by atoms with Crippen molar-refractivity contribution in [2.24, 2.45) is 5.41 Å². The molecule has 0 aliphatic rings. The average molecular weight is 304 g/mol. The fourth-order valence-corrected chi connectivity index (χ4v) is 2.13. The summed E-state index contributed by atoms with van der Waals surface area (Å²) in [4.78, 5) is 11.9. The van der Waals surface area contributed by atoms with Gasteiger partial charge in [-0.15, -0.1) is 6.42 Å². The number of aliphatic hydroxyl groups excluding tert-OH is 1. The van der Waals surface area contributed by atoms with Gasteiger partial charge < -0.3 is 20.5 Å². The first-order valence-corrected chi connectivity index (χ1v) is 7.21. The first kappa shape index (κ1) is 17.9. The molecule has 1 rings (SSSR count). The van der Waals surface area contributed by atoms with Crippen LogP contribution in [0.25, 0.3) is 0 Å². The van der Waals surface area contributed by atoms with E-state index in [2.05, 4.69) is 16.6 Å². The fraction of sp³-hybridized carbons (Fsp3) is 0.471. The largest absolute Gasteiger partial charge is 0.481 e. The van der Waals surface area contributed by atoms with Gasteiger partial charge in [0.15, 0.2) is 0 Å². The lowest BCUT2D eigenvalue weighted by molar-refractivity contribution is 0.129. The number of carbonyl (C=O) groups is 1. The van der Waals surface area contributed by atoms with Crippen LogP contribution in [0.3, 0.4) is 0 Å². The van der Waals surface area contributed by atoms with Crippen molar-refractivity contribution in [3.63, 3.8) is 0 Å². The number of rotatable bonds is 7. The van der Waals surface area contributed by atoms with Crippen LogP contribution in [-0.2, 0) is 0 Å². The zero-order valence-corrected chi connectivity index (χ0v) is 13.3. The number of ether oxygens (including phenoxy) is 1. The van der Waals surface area contributed by atoms with Crippen LogP contribution in [-0.4, -0.2) is 30.4 Å². The monoisotopic (exact) mass is 304 g/mol. The summed E-state index contributed by atoms with van der Waals surface area (Å²) in [7, 11) is 0. The molecule has 0 aromatic heterocycles. The van der Waals surface area contributed by atoms with E-state index >= 15 is 0 Å². The number of terminal acetylenes is 1. The van der Waals surface area contributed by atoms with Crippen LogP contribution in [0.4, 0.5) is 10.5 Å². The van der Waals surface area contributed by atoms with Crippen molar-refractivity contribution in [2.75, 3.05) is 18.5 Å². The molecule has 1 aromatic rings. The van der Waals surface area contributed by atoms with E-state index < -0.39 is 6.10 Å². The highest BCUT2D eigenvalue weighted by atomic mass is 16.5. The molecule has 1 aromatic carbocycles. The van der Waals surface area contributed by atoms with Gasteiger partial charge in [-0.1, -0.05) is 19.8 Å². The predicted molar refractivity (Wildman–Crippen MR) is 87.9 cm³/mol. The third-order valence-electron chi connectivity index (χ3n) is 3.01. The van der Waals surface area contributed by atoms with E-state index in [-0.39, 0.29) is 18.1 Å². The van der Waals surface area contributed by atoms with Gasteiger partial charge in [-0.05, 0) is 43.0 Å². The lowest BCUT2D eigenvalue weighted by Gasteiger charge is -2.26. The second kappa shape index (κ2) is 8.30. The number of benzene rings is 1. The van der Waals surface area contributed by atoms with Crippen molar-refractivity contribution >= 4 is 11.7 Å². The highest BCUT2D eigenvalue weighted by Crippen LogP contribution is 2.21. The van der Waals surface area contributed by atoms with Crippen molar-refractivity contribution in [3.05, 3.63) is 24.3 Å². The average Bonchev–Trinajstić information content (AvgIpc) is 2.43. The second-order valence-electron chi connectivity index (χ2n) is 6.04. The second-order valence-corrected chi connectivity index (χ2v) is 6.04. The highest BCUT2D eigenvalue weighted by Gasteiger charge is 2.21. The molecule has 2 amide bonds. The molecule has 1 atom stereocenters. The number of anilines is 1. The normalized spacial score (nSPS) is 12.1. The summed E-state index contributed by atoms with van der Waals surface area (Å²) in [6, 6.07) is 6.68. The molecule has 0 aliphatic carbocycles. The van der Waals surface area contributed by atoms with Crippen molar-refractivity contribution in [2.45, 2.75) is 33.3 Å². The molecule has 1 unspecified atom stereocenters. The van der Waals surface area contributed by atoms with Crippen LogP contribution >= 0.6 is 0 Å². The van der Waals surface area contributed by atoms with Gasteiger partial charge in [0, 0.05) is 12.2 Å². The van der Waals surface area contributed by atoms with Crippen LogP contribution < -0.4 is 15.4 Å². The van der Waals surface area contributed by atoms with E-state index in [1.807, 2.05) is 13.8 Å². The van der Waals surface area contributed by atoms with Gasteiger partial charge in [0.1, 0.15) is 12.4 Å². The van der Waals surface area contributed by atoms with Crippen LogP contribution in [0.2, 0.25) is 0 Å². The van der Waals surface area contributed by atoms with Crippen molar-refractivity contribution in [3.8, 4) is 18.1 Å². The molecule has 0 fully saturated rings. The first-order chi connectivity index (χ1) is 10.3. The topological polar surface area (TPSA) is 70.6 Å². The summed E-state index contributed by atoms with van der Waals surface area (Å²) in [6.07, 6.45) is 5.34. The highest BCUT2D eigenvalue weighted by molar-refractivity contribution is 5.89. The van der Waals surface area contributed by atoms with E-state index in [0.29, 0.717) is 24.4 Å². The number of amides is 2. The SMILES string of the molecule is C#CCOc1ccc(NC(=O)NCC(C)(C)CC(C)O)cc1. The Morgan fingerprint density at radius 2 is 2.05 bits per heavy atom. The molecule has 0 spiro atoms. The molecule has 0 saturated carbocycles. The van der Waals surface area contributed by atoms with E-state index in [0.717, 1.165) is 0 Å². The number of urea groups is 1. The number of hydrogen-bond donors (Lipinski definition) is 3. The Bertz CT molecular complexity index is 516. The molecule has 22 heavy (non-hydrogen) atoms. The molecule has 5 nitrogen and oxygen atoms in total. The Kier molecular flexibility index (Phi) is 6.74. The third-order valence-corrected chi connectivity index (χ3v) is 3.01. The standard InChI is InChI=1S/C17H24N2O3/c1-5-10-22-15-8-6-14(7-9-15)19-16(21)18-12-17(3,4)11-13(2)20/h1,6-9,13,20H,10-12H2,2-4H3,(H2,18,19,21). The number of aliphatic hydroxyl groups is 1. The Labute approximate surface area is 132 Å². The molecule has 3 N–H and O–H groups in total. The summed E-state index contributed by atoms with van der Waals surface area (Å²) < 4.78 is 5.26. The van der Waals surface area contributed by atoms with Gasteiger partial charge >= 0.3 is 6.03 Å². The van der Waals surface area contributed by atoms with Crippen LogP contribution in [0, 0.1) is 17.8 Å². The van der Waals surface area contributed by atoms with Crippen molar-refractivity contribution < 1.29 is 14.6 Å².